The van der Waals surface area contributed by atoms with E-state index in [1.54, 1.807) is 49.4 Å². The van der Waals surface area contributed by atoms with Crippen LogP contribution in [0.2, 0.25) is 0 Å². The maximum atomic E-state index is 13.4. The first-order chi connectivity index (χ1) is 13.0. The minimum absolute atomic E-state index is 0.191. The number of carbonyl (C=O) groups is 2. The SMILES string of the molecule is CCOC(=O)C(c1ccccc1)N1C(=O)/C(=C/c2cccc(F)c2)SC1=S. The molecule has 0 aromatic heterocycles. The predicted molar refractivity (Wildman–Crippen MR) is 107 cm³/mol. The summed E-state index contributed by atoms with van der Waals surface area (Å²) in [6, 6.07) is 13.8. The molecular formula is C20H16FNO3S2. The van der Waals surface area contributed by atoms with Gasteiger partial charge in [0.15, 0.2) is 6.04 Å². The minimum Gasteiger partial charge on any atom is -0.464 e. The molecule has 2 aromatic rings. The molecule has 1 atom stereocenters. The topological polar surface area (TPSA) is 46.6 Å². The van der Waals surface area contributed by atoms with E-state index in [4.69, 9.17) is 17.0 Å². The zero-order valence-corrected chi connectivity index (χ0v) is 16.1. The third kappa shape index (κ3) is 4.26. The highest BCUT2D eigenvalue weighted by molar-refractivity contribution is 8.26. The number of esters is 1. The van der Waals surface area contributed by atoms with Crippen LogP contribution < -0.4 is 0 Å². The highest BCUT2D eigenvalue weighted by atomic mass is 32.2. The lowest BCUT2D eigenvalue weighted by molar-refractivity contribution is -0.151. The van der Waals surface area contributed by atoms with Crippen LogP contribution in [0.4, 0.5) is 4.39 Å². The lowest BCUT2D eigenvalue weighted by Crippen LogP contribution is -2.38. The Balaban J connectivity index is 1.97. The average molecular weight is 401 g/mol. The summed E-state index contributed by atoms with van der Waals surface area (Å²) < 4.78 is 18.8. The standard InChI is InChI=1S/C20H16FNO3S2/c1-2-25-19(24)17(14-8-4-3-5-9-14)22-18(23)16(27-20(22)26)12-13-7-6-10-15(21)11-13/h3-12,17H,2H2,1H3/b16-12-. The molecule has 1 aliphatic heterocycles. The van der Waals surface area contributed by atoms with Crippen LogP contribution in [0.1, 0.15) is 24.1 Å². The van der Waals surface area contributed by atoms with Crippen molar-refractivity contribution in [3.05, 3.63) is 76.4 Å². The Bertz CT molecular complexity index is 914. The second-order valence-corrected chi connectivity index (χ2v) is 7.35. The molecule has 1 amide bonds. The predicted octanol–water partition coefficient (Wildman–Crippen LogP) is 4.33. The lowest BCUT2D eigenvalue weighted by Gasteiger charge is -2.25. The molecule has 0 N–H and O–H groups in total. The Labute approximate surface area is 166 Å². The van der Waals surface area contributed by atoms with Crippen molar-refractivity contribution in [2.45, 2.75) is 13.0 Å². The van der Waals surface area contributed by atoms with Gasteiger partial charge in [0, 0.05) is 0 Å². The molecular weight excluding hydrogens is 385 g/mol. The van der Waals surface area contributed by atoms with Crippen LogP contribution in [0.15, 0.2) is 59.5 Å². The molecule has 0 radical (unpaired) electrons. The summed E-state index contributed by atoms with van der Waals surface area (Å²) in [6.45, 7) is 1.89. The van der Waals surface area contributed by atoms with Crippen molar-refractivity contribution in [1.82, 2.24) is 4.90 Å². The van der Waals surface area contributed by atoms with Crippen molar-refractivity contribution < 1.29 is 18.7 Å². The van der Waals surface area contributed by atoms with Gasteiger partial charge >= 0.3 is 5.97 Å². The van der Waals surface area contributed by atoms with Crippen LogP contribution in [0.25, 0.3) is 6.08 Å². The van der Waals surface area contributed by atoms with E-state index in [0.717, 1.165) is 11.8 Å². The van der Waals surface area contributed by atoms with Gasteiger partial charge in [-0.3, -0.25) is 9.69 Å². The van der Waals surface area contributed by atoms with Crippen molar-refractivity contribution in [3.63, 3.8) is 0 Å². The quantitative estimate of drug-likeness (QED) is 0.424. The molecule has 1 aliphatic rings. The molecule has 0 aliphatic carbocycles. The van der Waals surface area contributed by atoms with Gasteiger partial charge in [0.25, 0.3) is 5.91 Å². The molecule has 1 saturated heterocycles. The molecule has 1 unspecified atom stereocenters. The van der Waals surface area contributed by atoms with Gasteiger partial charge in [-0.05, 0) is 36.3 Å². The molecule has 4 nitrogen and oxygen atoms in total. The van der Waals surface area contributed by atoms with Gasteiger partial charge in [0.1, 0.15) is 10.1 Å². The highest BCUT2D eigenvalue weighted by Crippen LogP contribution is 2.38. The number of thioether (sulfide) groups is 1. The van der Waals surface area contributed by atoms with E-state index < -0.39 is 23.7 Å². The van der Waals surface area contributed by atoms with Crippen molar-refractivity contribution >= 4 is 46.3 Å². The van der Waals surface area contributed by atoms with Crippen molar-refractivity contribution in [2.24, 2.45) is 0 Å². The first-order valence-electron chi connectivity index (χ1n) is 8.25. The van der Waals surface area contributed by atoms with Crippen molar-refractivity contribution in [3.8, 4) is 0 Å². The van der Waals surface area contributed by atoms with E-state index in [1.807, 2.05) is 6.07 Å². The first-order valence-corrected chi connectivity index (χ1v) is 9.48. The molecule has 3 rings (SSSR count). The van der Waals surface area contributed by atoms with Crippen LogP contribution in [0.5, 0.6) is 0 Å². The molecule has 27 heavy (non-hydrogen) atoms. The molecule has 7 heteroatoms. The lowest BCUT2D eigenvalue weighted by atomic mass is 10.1. The fraction of sp³-hybridized carbons (Fsp3) is 0.150. The van der Waals surface area contributed by atoms with Gasteiger partial charge < -0.3 is 4.74 Å². The summed E-state index contributed by atoms with van der Waals surface area (Å²) in [5.41, 5.74) is 1.15. The molecule has 0 bridgehead atoms. The number of hydrogen-bond donors (Lipinski definition) is 0. The fourth-order valence-corrected chi connectivity index (χ4v) is 4.01. The molecule has 138 valence electrons. The van der Waals surface area contributed by atoms with Crippen LogP contribution in [0, 0.1) is 5.82 Å². The van der Waals surface area contributed by atoms with E-state index in [9.17, 15) is 14.0 Å². The van der Waals surface area contributed by atoms with Gasteiger partial charge in [-0.15, -0.1) is 0 Å². The highest BCUT2D eigenvalue weighted by Gasteiger charge is 2.42. The summed E-state index contributed by atoms with van der Waals surface area (Å²) in [4.78, 5) is 27.1. The summed E-state index contributed by atoms with van der Waals surface area (Å²) in [5.74, 6) is -1.35. The van der Waals surface area contributed by atoms with Crippen molar-refractivity contribution in [1.29, 1.82) is 0 Å². The van der Waals surface area contributed by atoms with Crippen molar-refractivity contribution in [2.75, 3.05) is 6.61 Å². The second kappa shape index (κ2) is 8.45. The normalized spacial score (nSPS) is 16.7. The third-order valence-corrected chi connectivity index (χ3v) is 5.18. The van der Waals surface area contributed by atoms with Gasteiger partial charge in [-0.2, -0.15) is 0 Å². The summed E-state index contributed by atoms with van der Waals surface area (Å²) in [7, 11) is 0. The number of nitrogens with zero attached hydrogens (tertiary/aromatic N) is 1. The monoisotopic (exact) mass is 401 g/mol. The van der Waals surface area contributed by atoms with Crippen LogP contribution in [0.3, 0.4) is 0 Å². The smallest absolute Gasteiger partial charge is 0.333 e. The van der Waals surface area contributed by atoms with Crippen LogP contribution in [-0.4, -0.2) is 27.7 Å². The number of halogens is 1. The number of ether oxygens (including phenoxy) is 1. The van der Waals surface area contributed by atoms with Crippen LogP contribution in [-0.2, 0) is 14.3 Å². The van der Waals surface area contributed by atoms with Crippen LogP contribution >= 0.6 is 24.0 Å². The maximum absolute atomic E-state index is 13.4. The largest absolute Gasteiger partial charge is 0.464 e. The number of amides is 1. The summed E-state index contributed by atoms with van der Waals surface area (Å²) in [6.07, 6.45) is 1.57. The van der Waals surface area contributed by atoms with E-state index in [2.05, 4.69) is 0 Å². The number of benzene rings is 2. The van der Waals surface area contributed by atoms with E-state index >= 15 is 0 Å². The molecule has 1 heterocycles. The summed E-state index contributed by atoms with van der Waals surface area (Å²) >= 11 is 6.44. The zero-order valence-electron chi connectivity index (χ0n) is 14.4. The Morgan fingerprint density at radius 3 is 2.67 bits per heavy atom. The first kappa shape index (κ1) is 19.3. The molecule has 0 saturated carbocycles. The number of hydrogen-bond acceptors (Lipinski definition) is 5. The zero-order chi connectivity index (χ0) is 19.4. The Morgan fingerprint density at radius 2 is 2.00 bits per heavy atom. The van der Waals surface area contributed by atoms with E-state index in [-0.39, 0.29) is 10.9 Å². The number of carbonyl (C=O) groups excluding carboxylic acids is 2. The fourth-order valence-electron chi connectivity index (χ4n) is 2.70. The Kier molecular flexibility index (Phi) is 6.03. The Hall–Kier alpha value is -2.51. The maximum Gasteiger partial charge on any atom is 0.333 e. The van der Waals surface area contributed by atoms with E-state index in [0.29, 0.717) is 16.0 Å². The van der Waals surface area contributed by atoms with Gasteiger partial charge in [0.05, 0.1) is 11.5 Å². The minimum atomic E-state index is -0.961. The molecule has 1 fully saturated rings. The number of thiocarbonyl (C=S) groups is 1. The summed E-state index contributed by atoms with van der Waals surface area (Å²) in [5, 5.41) is 0. The Morgan fingerprint density at radius 1 is 1.26 bits per heavy atom. The molecule has 0 spiro atoms. The van der Waals surface area contributed by atoms with E-state index in [1.165, 1.54) is 17.0 Å². The second-order valence-electron chi connectivity index (χ2n) is 5.67. The number of rotatable bonds is 5. The third-order valence-electron chi connectivity index (χ3n) is 3.85. The molecule has 2 aromatic carbocycles. The average Bonchev–Trinajstić information content (AvgIpc) is 2.91. The van der Waals surface area contributed by atoms with Gasteiger partial charge in [-0.25, -0.2) is 9.18 Å². The van der Waals surface area contributed by atoms with Gasteiger partial charge in [0.2, 0.25) is 0 Å². The van der Waals surface area contributed by atoms with Gasteiger partial charge in [-0.1, -0.05) is 66.4 Å².